The third-order valence-corrected chi connectivity index (χ3v) is 13.7. The van der Waals surface area contributed by atoms with Crippen LogP contribution in [-0.4, -0.2) is 18.6 Å². The molecule has 5 aliphatic carbocycles. The topological polar surface area (TPSA) is 52.3 Å². The molecule has 204 valence electrons. The van der Waals surface area contributed by atoms with Crippen LogP contribution in [0.15, 0.2) is 11.1 Å². The molecule has 5 aliphatic rings. The minimum atomic E-state index is -0.112. The molecule has 0 aromatic heterocycles. The highest BCUT2D eigenvalue weighted by molar-refractivity contribution is 5.66. The number of nitrogens with two attached hydrogens (primary N) is 1. The van der Waals surface area contributed by atoms with Crippen molar-refractivity contribution in [3.05, 3.63) is 11.1 Å². The molecule has 0 aromatic rings. The molecule has 0 saturated heterocycles. The van der Waals surface area contributed by atoms with Crippen LogP contribution < -0.4 is 5.73 Å². The second-order valence-electron chi connectivity index (χ2n) is 15.5. The third kappa shape index (κ3) is 3.42. The third-order valence-electron chi connectivity index (χ3n) is 13.7. The van der Waals surface area contributed by atoms with Gasteiger partial charge in [-0.3, -0.25) is 4.79 Å². The largest absolute Gasteiger partial charge is 0.462 e. The van der Waals surface area contributed by atoms with Crippen molar-refractivity contribution in [2.75, 3.05) is 6.54 Å². The second kappa shape index (κ2) is 8.59. The lowest BCUT2D eigenvalue weighted by atomic mass is 9.33. The molecule has 2 N–H and O–H groups in total. The fourth-order valence-electron chi connectivity index (χ4n) is 11.8. The van der Waals surface area contributed by atoms with Gasteiger partial charge in [0.25, 0.3) is 0 Å². The Hall–Kier alpha value is -0.830. The molecule has 0 bridgehead atoms. The summed E-state index contributed by atoms with van der Waals surface area (Å²) in [5, 5.41) is 0. The van der Waals surface area contributed by atoms with E-state index in [0.29, 0.717) is 33.5 Å². The van der Waals surface area contributed by atoms with E-state index >= 15 is 0 Å². The average Bonchev–Trinajstić information content (AvgIpc) is 3.16. The van der Waals surface area contributed by atoms with Crippen LogP contribution in [0.25, 0.3) is 0 Å². The molecule has 3 nitrogen and oxygen atoms in total. The lowest BCUT2D eigenvalue weighted by molar-refractivity contribution is -0.232. The van der Waals surface area contributed by atoms with Crippen LogP contribution >= 0.6 is 0 Å². The van der Waals surface area contributed by atoms with E-state index in [2.05, 4.69) is 48.5 Å². The van der Waals surface area contributed by atoms with Crippen molar-refractivity contribution >= 4 is 5.97 Å². The SMILES string of the molecule is CC(=O)O[C@H]1CC[C@]2(C)[C@H]3CC[C@@H]4C5=C(C(C)C)CC[C@]5(CCN)CC[C@@]4(C)[C@]3(C)CC[C@H]2C1(C)C. The van der Waals surface area contributed by atoms with Crippen molar-refractivity contribution in [3.8, 4) is 0 Å². The number of fused-ring (bicyclic) bond motifs is 7. The van der Waals surface area contributed by atoms with Crippen LogP contribution in [0.4, 0.5) is 0 Å². The molecular weight excluding hydrogens is 442 g/mol. The zero-order valence-electron chi connectivity index (χ0n) is 24.8. The Bertz CT molecular complexity index is 934. The minimum absolute atomic E-state index is 0.0411. The molecule has 4 fully saturated rings. The van der Waals surface area contributed by atoms with Crippen molar-refractivity contribution in [3.63, 3.8) is 0 Å². The van der Waals surface area contributed by atoms with Crippen LogP contribution in [0, 0.1) is 50.7 Å². The summed E-state index contributed by atoms with van der Waals surface area (Å²) in [7, 11) is 0. The zero-order chi connectivity index (χ0) is 26.3. The Labute approximate surface area is 221 Å². The van der Waals surface area contributed by atoms with Gasteiger partial charge in [-0.2, -0.15) is 0 Å². The highest BCUT2D eigenvalue weighted by atomic mass is 16.5. The maximum atomic E-state index is 11.9. The summed E-state index contributed by atoms with van der Waals surface area (Å²) in [6, 6.07) is 0. The standard InChI is InChI=1S/C33H55NO2/c1-21(2)23-11-16-33(19-20-34)18-17-31(7)24(28(23)33)9-10-26-30(6)14-13-27(36-22(3)35)29(4,5)25(30)12-15-32(26,31)8/h21,24-27H,9-20,34H2,1-8H3/t24-,25+,26-,27+,30+,31-,32-,33-/m1/s1. The summed E-state index contributed by atoms with van der Waals surface area (Å²) >= 11 is 0. The number of esters is 1. The van der Waals surface area contributed by atoms with E-state index in [1.165, 1.54) is 64.2 Å². The summed E-state index contributed by atoms with van der Waals surface area (Å²) in [5.74, 6) is 2.68. The molecule has 0 radical (unpaired) electrons. The minimum Gasteiger partial charge on any atom is -0.462 e. The van der Waals surface area contributed by atoms with Crippen molar-refractivity contribution in [2.24, 2.45) is 56.5 Å². The lowest BCUT2D eigenvalue weighted by Gasteiger charge is -2.72. The first kappa shape index (κ1) is 26.8. The summed E-state index contributed by atoms with van der Waals surface area (Å²) in [5.41, 5.74) is 11.5. The Morgan fingerprint density at radius 1 is 0.917 bits per heavy atom. The number of hydrogen-bond donors (Lipinski definition) is 1. The van der Waals surface area contributed by atoms with Crippen molar-refractivity contribution in [2.45, 2.75) is 132 Å². The number of carbonyl (C=O) groups is 1. The van der Waals surface area contributed by atoms with E-state index in [1.807, 2.05) is 11.1 Å². The second-order valence-corrected chi connectivity index (χ2v) is 15.5. The van der Waals surface area contributed by atoms with Gasteiger partial charge in [0.05, 0.1) is 0 Å². The molecule has 0 amide bonds. The van der Waals surface area contributed by atoms with Gasteiger partial charge in [-0.1, -0.05) is 59.6 Å². The van der Waals surface area contributed by atoms with Crippen molar-refractivity contribution in [1.82, 2.24) is 0 Å². The van der Waals surface area contributed by atoms with Crippen LogP contribution in [0.5, 0.6) is 0 Å². The first-order chi connectivity index (χ1) is 16.8. The smallest absolute Gasteiger partial charge is 0.302 e. The summed E-state index contributed by atoms with van der Waals surface area (Å²) < 4.78 is 5.93. The fourth-order valence-corrected chi connectivity index (χ4v) is 11.8. The molecule has 5 rings (SSSR count). The lowest BCUT2D eigenvalue weighted by Crippen LogP contribution is -2.65. The number of carbonyl (C=O) groups excluding carboxylic acids is 1. The molecule has 0 aromatic carbocycles. The van der Waals surface area contributed by atoms with Crippen LogP contribution in [0.2, 0.25) is 0 Å². The van der Waals surface area contributed by atoms with E-state index in [0.717, 1.165) is 24.8 Å². The van der Waals surface area contributed by atoms with E-state index in [9.17, 15) is 4.79 Å². The summed E-state index contributed by atoms with van der Waals surface area (Å²) in [6.45, 7) is 20.2. The monoisotopic (exact) mass is 497 g/mol. The van der Waals surface area contributed by atoms with Gasteiger partial charge in [0.15, 0.2) is 0 Å². The van der Waals surface area contributed by atoms with E-state index in [4.69, 9.17) is 10.5 Å². The first-order valence-corrected chi connectivity index (χ1v) is 15.4. The average molecular weight is 498 g/mol. The molecular formula is C33H55NO2. The molecule has 0 unspecified atom stereocenters. The maximum absolute atomic E-state index is 11.9. The molecule has 0 aliphatic heterocycles. The number of allylic oxidation sites excluding steroid dienone is 2. The predicted octanol–water partition coefficient (Wildman–Crippen LogP) is 8.07. The van der Waals surface area contributed by atoms with Gasteiger partial charge in [-0.05, 0) is 123 Å². The van der Waals surface area contributed by atoms with Gasteiger partial charge >= 0.3 is 5.97 Å². The molecule has 0 heterocycles. The van der Waals surface area contributed by atoms with Gasteiger partial charge in [-0.15, -0.1) is 0 Å². The molecule has 0 spiro atoms. The Kier molecular flexibility index (Phi) is 6.38. The van der Waals surface area contributed by atoms with Gasteiger partial charge in [0.2, 0.25) is 0 Å². The normalized spacial score (nSPS) is 47.6. The van der Waals surface area contributed by atoms with Gasteiger partial charge in [0, 0.05) is 12.3 Å². The van der Waals surface area contributed by atoms with E-state index in [-0.39, 0.29) is 17.5 Å². The van der Waals surface area contributed by atoms with Gasteiger partial charge < -0.3 is 10.5 Å². The number of ether oxygens (including phenoxy) is 1. The summed E-state index contributed by atoms with van der Waals surface area (Å²) in [4.78, 5) is 11.9. The molecule has 36 heavy (non-hydrogen) atoms. The van der Waals surface area contributed by atoms with Crippen LogP contribution in [0.1, 0.15) is 126 Å². The van der Waals surface area contributed by atoms with Crippen molar-refractivity contribution in [1.29, 1.82) is 0 Å². The van der Waals surface area contributed by atoms with Crippen molar-refractivity contribution < 1.29 is 9.53 Å². The fraction of sp³-hybridized carbons (Fsp3) is 0.909. The highest BCUT2D eigenvalue weighted by Crippen LogP contribution is 2.77. The number of rotatable bonds is 4. The predicted molar refractivity (Wildman–Crippen MR) is 148 cm³/mol. The van der Waals surface area contributed by atoms with Crippen LogP contribution in [0.3, 0.4) is 0 Å². The Morgan fingerprint density at radius 2 is 1.64 bits per heavy atom. The summed E-state index contributed by atoms with van der Waals surface area (Å²) in [6.07, 6.45) is 14.2. The van der Waals surface area contributed by atoms with E-state index in [1.54, 1.807) is 6.92 Å². The number of hydrogen-bond acceptors (Lipinski definition) is 3. The van der Waals surface area contributed by atoms with Gasteiger partial charge in [0.1, 0.15) is 6.10 Å². The molecule has 8 atom stereocenters. The maximum Gasteiger partial charge on any atom is 0.302 e. The zero-order valence-corrected chi connectivity index (χ0v) is 24.8. The van der Waals surface area contributed by atoms with Gasteiger partial charge in [-0.25, -0.2) is 0 Å². The molecule has 4 saturated carbocycles. The molecule has 3 heteroatoms. The van der Waals surface area contributed by atoms with E-state index < -0.39 is 0 Å². The highest BCUT2D eigenvalue weighted by Gasteiger charge is 2.69. The van der Waals surface area contributed by atoms with Crippen LogP contribution in [-0.2, 0) is 9.53 Å². The Balaban J connectivity index is 1.53. The Morgan fingerprint density at radius 3 is 2.28 bits per heavy atom. The quantitative estimate of drug-likeness (QED) is 0.315. The first-order valence-electron chi connectivity index (χ1n) is 15.4.